The van der Waals surface area contributed by atoms with Crippen molar-refractivity contribution in [2.75, 3.05) is 17.9 Å². The summed E-state index contributed by atoms with van der Waals surface area (Å²) in [5.41, 5.74) is 17.5. The van der Waals surface area contributed by atoms with Gasteiger partial charge in [0.15, 0.2) is 10.7 Å². The Hall–Kier alpha value is -2.28. The van der Waals surface area contributed by atoms with E-state index in [1.54, 1.807) is 19.2 Å². The largest absolute Gasteiger partial charge is 0.593 e. The molecule has 0 radical (unpaired) electrons. The molecule has 0 bridgehead atoms. The second-order valence-corrected chi connectivity index (χ2v) is 8.11. The Morgan fingerprint density at radius 1 is 1.31 bits per heavy atom. The topological polar surface area (TPSA) is 221 Å². The second-order valence-electron chi connectivity index (χ2n) is 6.18. The molecule has 3 rings (SSSR count). The van der Waals surface area contributed by atoms with Crippen LogP contribution in [0.1, 0.15) is 5.56 Å². The number of rotatable bonds is 9. The molecule has 0 aliphatic rings. The van der Waals surface area contributed by atoms with E-state index in [0.29, 0.717) is 51.4 Å². The molecule has 16 heteroatoms. The van der Waals surface area contributed by atoms with Gasteiger partial charge < -0.3 is 16.0 Å². The fraction of sp³-hybridized carbons (Fsp3) is 0.188. The van der Waals surface area contributed by atoms with Crippen LogP contribution in [0.5, 0.6) is 0 Å². The first-order chi connectivity index (χ1) is 14.9. The molecule has 0 spiro atoms. The van der Waals surface area contributed by atoms with Gasteiger partial charge in [-0.15, -0.1) is 10.2 Å². The van der Waals surface area contributed by atoms with Gasteiger partial charge >= 0.3 is 0 Å². The van der Waals surface area contributed by atoms with E-state index in [9.17, 15) is 4.55 Å². The summed E-state index contributed by atoms with van der Waals surface area (Å²) >= 11 is -1.05. The molecule has 0 amide bonds. The minimum atomic E-state index is -1.85. The molecule has 1 aromatic heterocycles. The van der Waals surface area contributed by atoms with Gasteiger partial charge in [0.1, 0.15) is 28.9 Å². The van der Waals surface area contributed by atoms with Crippen molar-refractivity contribution in [3.8, 4) is 11.1 Å². The van der Waals surface area contributed by atoms with Crippen molar-refractivity contribution < 1.29 is 8.84 Å². The Labute approximate surface area is 198 Å². The molecule has 11 N–H and O–H groups in total. The Kier molecular flexibility index (Phi) is 9.37. The number of nitrogens with zero attached hydrogens (tertiary/aromatic N) is 5. The van der Waals surface area contributed by atoms with Gasteiger partial charge in [-0.1, -0.05) is 12.1 Å². The number of hydrogen-bond acceptors (Lipinski definition) is 12. The maximum atomic E-state index is 12.3. The Balaban J connectivity index is 0.00000363. The number of hydrazine groups is 1. The lowest BCUT2D eigenvalue weighted by molar-refractivity contribution is 0.397. The molecule has 13 nitrogen and oxygen atoms in total. The quantitative estimate of drug-likeness (QED) is 0.0402. The predicted octanol–water partition coefficient (Wildman–Crippen LogP) is -0.876. The molecule has 0 saturated heterocycles. The van der Waals surface area contributed by atoms with Gasteiger partial charge in [-0.2, -0.15) is 28.5 Å². The monoisotopic (exact) mass is 499 g/mol. The zero-order valence-electron chi connectivity index (χ0n) is 17.1. The van der Waals surface area contributed by atoms with Gasteiger partial charge in [0.05, 0.1) is 23.5 Å². The van der Waals surface area contributed by atoms with Crippen LogP contribution in [0.15, 0.2) is 40.3 Å². The highest BCUT2D eigenvalue weighted by Crippen LogP contribution is 2.39. The van der Waals surface area contributed by atoms with Crippen molar-refractivity contribution in [2.24, 2.45) is 33.4 Å². The van der Waals surface area contributed by atoms with E-state index in [4.69, 9.17) is 28.3 Å². The van der Waals surface area contributed by atoms with Crippen LogP contribution in [0, 0.1) is 0 Å². The van der Waals surface area contributed by atoms with E-state index in [2.05, 4.69) is 25.1 Å². The van der Waals surface area contributed by atoms with Gasteiger partial charge in [0.25, 0.3) is 0 Å². The van der Waals surface area contributed by atoms with Crippen molar-refractivity contribution in [1.29, 1.82) is 0 Å². The highest BCUT2D eigenvalue weighted by Gasteiger charge is 2.28. The van der Waals surface area contributed by atoms with Crippen LogP contribution in [0.2, 0.25) is 0 Å². The van der Waals surface area contributed by atoms with Crippen molar-refractivity contribution in [3.63, 3.8) is 0 Å². The first kappa shape index (κ1) is 26.0. The van der Waals surface area contributed by atoms with E-state index in [-0.39, 0.29) is 19.3 Å². The normalized spacial score (nSPS) is 12.5. The van der Waals surface area contributed by atoms with Gasteiger partial charge in [-0.05, 0) is 23.8 Å². The number of fused-ring (bicyclic) bond motifs is 1. The van der Waals surface area contributed by atoms with E-state index in [1.165, 1.54) is 9.10 Å². The zero-order chi connectivity index (χ0) is 22.5. The summed E-state index contributed by atoms with van der Waals surface area (Å²) in [5, 5.41) is 18.6. The second kappa shape index (κ2) is 11.5. The third-order valence-corrected chi connectivity index (χ3v) is 5.60. The van der Waals surface area contributed by atoms with Crippen molar-refractivity contribution in [2.45, 2.75) is 11.4 Å². The average molecular weight is 500 g/mol. The molecule has 1 heterocycles. The molecule has 1 atom stereocenters. The number of hydrazone groups is 1. The van der Waals surface area contributed by atoms with Gasteiger partial charge in [-0.3, -0.25) is 4.31 Å². The van der Waals surface area contributed by atoms with Crippen LogP contribution in [0.4, 0.5) is 5.69 Å². The first-order valence-electron chi connectivity index (χ1n) is 8.86. The van der Waals surface area contributed by atoms with Crippen LogP contribution in [-0.4, -0.2) is 39.0 Å². The van der Waals surface area contributed by atoms with Crippen LogP contribution in [-0.2, 0) is 22.2 Å². The Morgan fingerprint density at radius 3 is 2.69 bits per heavy atom. The predicted molar refractivity (Wildman–Crippen MR) is 132 cm³/mol. The van der Waals surface area contributed by atoms with Crippen LogP contribution in [0.3, 0.4) is 0 Å². The maximum absolute atomic E-state index is 12.3. The third-order valence-electron chi connectivity index (χ3n) is 4.34. The number of benzene rings is 2. The fourth-order valence-corrected chi connectivity index (χ4v) is 4.25. The summed E-state index contributed by atoms with van der Waals surface area (Å²) in [6.07, 6.45) is 0. The highest BCUT2D eigenvalue weighted by molar-refractivity contribution is 7.96. The number of amidine groups is 1. The number of anilines is 1. The van der Waals surface area contributed by atoms with Crippen molar-refractivity contribution >= 4 is 59.6 Å². The summed E-state index contributed by atoms with van der Waals surface area (Å²) in [5.74, 6) is 10.6. The molecule has 0 aliphatic carbocycles. The smallest absolute Gasteiger partial charge is 0.198 e. The molecule has 0 saturated carbocycles. The summed E-state index contributed by atoms with van der Waals surface area (Å²) in [6, 6.07) is 8.90. The molecule has 2 aromatic carbocycles. The molecule has 32 heavy (non-hydrogen) atoms. The lowest BCUT2D eigenvalue weighted by Gasteiger charge is -2.23. The molecule has 1 unspecified atom stereocenters. The van der Waals surface area contributed by atoms with Crippen molar-refractivity contribution in [1.82, 2.24) is 20.5 Å². The van der Waals surface area contributed by atoms with Crippen molar-refractivity contribution in [3.05, 3.63) is 35.9 Å². The highest BCUT2D eigenvalue weighted by atomic mass is 32.2. The Morgan fingerprint density at radius 2 is 2.06 bits per heavy atom. The minimum Gasteiger partial charge on any atom is -0.593 e. The zero-order valence-corrected chi connectivity index (χ0v) is 19.7. The lowest BCUT2D eigenvalue weighted by atomic mass is 9.96. The fourth-order valence-electron chi connectivity index (χ4n) is 3.17. The molecular weight excluding hydrogens is 474 g/mol. The molecule has 174 valence electrons. The lowest BCUT2D eigenvalue weighted by Crippen LogP contribution is -2.27. The standard InChI is InChI=1S/C16H23N11O2S2.H2S/c1-26(30-29-20)15-12(31(21)28)6-5-9(13(15)16(18)22-25-19)10-3-2-4-11-14(10)24-27(23-11)8-7-17;/h2-6,25H,7-8,17,19-21H2,1H3,(H2,18,22);1H2. The number of nitrogens with two attached hydrogens (primary N) is 5. The van der Waals surface area contributed by atoms with E-state index in [0.717, 1.165) is 12.2 Å². The Bertz CT molecular complexity index is 1090. The van der Waals surface area contributed by atoms with E-state index < -0.39 is 11.4 Å². The number of nitrogens with one attached hydrogen (secondary N) is 1. The third kappa shape index (κ3) is 5.20. The van der Waals surface area contributed by atoms with Gasteiger partial charge in [-0.25, -0.2) is 21.6 Å². The van der Waals surface area contributed by atoms with E-state index in [1.807, 2.05) is 18.2 Å². The molecular formula is C16H25N11O2S3. The van der Waals surface area contributed by atoms with Crippen LogP contribution < -0.4 is 38.2 Å². The SMILES string of the molecule is CN(SON)c1c([S+](N)[O-])ccc(-c2cccc3nn(CCN)nc23)c1/C(N)=N/NN.S. The number of aromatic nitrogens is 3. The van der Waals surface area contributed by atoms with Crippen LogP contribution >= 0.6 is 25.7 Å². The number of hydrogen-bond donors (Lipinski definition) is 6. The summed E-state index contributed by atoms with van der Waals surface area (Å²) in [7, 11) is 1.65. The van der Waals surface area contributed by atoms with Gasteiger partial charge in [0.2, 0.25) is 0 Å². The summed E-state index contributed by atoms with van der Waals surface area (Å²) in [6.45, 7) is 0.858. The minimum absolute atomic E-state index is 0. The van der Waals surface area contributed by atoms with E-state index >= 15 is 0 Å². The first-order valence-corrected chi connectivity index (χ1v) is 10.8. The molecule has 0 fully saturated rings. The molecule has 3 aromatic rings. The summed E-state index contributed by atoms with van der Waals surface area (Å²) < 4.78 is 18.5. The van der Waals surface area contributed by atoms with Crippen LogP contribution in [0.25, 0.3) is 22.2 Å². The van der Waals surface area contributed by atoms with Gasteiger partial charge in [0, 0.05) is 19.2 Å². The molecule has 0 aliphatic heterocycles. The maximum Gasteiger partial charge on any atom is 0.198 e. The average Bonchev–Trinajstić information content (AvgIpc) is 3.15. The summed E-state index contributed by atoms with van der Waals surface area (Å²) in [4.78, 5) is 1.82.